The van der Waals surface area contributed by atoms with Crippen LogP contribution in [0.15, 0.2) is 28.1 Å². The molecule has 0 N–H and O–H groups in total. The van der Waals surface area contributed by atoms with Gasteiger partial charge in [0.05, 0.1) is 29.6 Å². The zero-order valence-corrected chi connectivity index (χ0v) is 26.5. The lowest BCUT2D eigenvalue weighted by Gasteiger charge is -2.47. The first-order valence-electron chi connectivity index (χ1n) is 14.0. The van der Waals surface area contributed by atoms with E-state index in [1.54, 1.807) is 23.8 Å². The Hall–Kier alpha value is -2.69. The van der Waals surface area contributed by atoms with Crippen LogP contribution < -0.4 is 0 Å². The van der Waals surface area contributed by atoms with Crippen LogP contribution in [0.3, 0.4) is 0 Å². The van der Waals surface area contributed by atoms with Gasteiger partial charge in [0, 0.05) is 59.5 Å². The van der Waals surface area contributed by atoms with E-state index in [-0.39, 0.29) is 40.6 Å². The van der Waals surface area contributed by atoms with Crippen molar-refractivity contribution in [3.8, 4) is 11.1 Å². The van der Waals surface area contributed by atoms with Gasteiger partial charge in [-0.1, -0.05) is 11.6 Å². The molecule has 4 atom stereocenters. The molecule has 226 valence electrons. The zero-order valence-electron chi connectivity index (χ0n) is 24.9. The fourth-order valence-electron chi connectivity index (χ4n) is 6.35. The molecule has 2 aromatic carbocycles. The summed E-state index contributed by atoms with van der Waals surface area (Å²) >= 11 is 7.64. The van der Waals surface area contributed by atoms with Crippen molar-refractivity contribution in [2.45, 2.75) is 70.0 Å². The Balaban J connectivity index is 1.61. The van der Waals surface area contributed by atoms with Gasteiger partial charge in [0.2, 0.25) is 0 Å². The molecule has 7 nitrogen and oxygen atoms in total. The number of nitrogens with zero attached hydrogens (tertiary/aromatic N) is 3. The summed E-state index contributed by atoms with van der Waals surface area (Å²) in [4.78, 5) is 36.0. The number of carbonyl (C=O) groups excluding carboxylic acids is 2. The second kappa shape index (κ2) is 11.4. The maximum Gasteiger partial charge on any atom is 0.410 e. The number of aryl methyl sites for hydroxylation is 1. The molecule has 0 radical (unpaired) electrons. The Labute approximate surface area is 254 Å². The lowest BCUT2D eigenvalue weighted by Crippen LogP contribution is -2.61. The standard InChI is InChI=1S/C31H36ClF2N3O4S/c1-15-8-20-26-25(18(13-40-7)14-42-27(26)24(15)19-9-21(32)23(34)10-22(19)33)29(38)35-28(20)36-11-16(2)37(17(3)12-36)30(39)41-31(4,5)6/h8-10,16-18,25H,11-14H2,1-7H3/t16-,17+,18-,25?/m0/s1. The maximum absolute atomic E-state index is 15.2. The van der Waals surface area contributed by atoms with Crippen LogP contribution in [0, 0.1) is 24.5 Å². The number of methoxy groups -OCH3 is 1. The van der Waals surface area contributed by atoms with Crippen molar-refractivity contribution in [3.63, 3.8) is 0 Å². The van der Waals surface area contributed by atoms with Crippen LogP contribution in [0.25, 0.3) is 11.1 Å². The number of benzene rings is 2. The number of ether oxygens (including phenoxy) is 2. The van der Waals surface area contributed by atoms with Crippen molar-refractivity contribution >= 4 is 41.2 Å². The predicted molar refractivity (Wildman–Crippen MR) is 160 cm³/mol. The highest BCUT2D eigenvalue weighted by molar-refractivity contribution is 7.99. The fourth-order valence-corrected chi connectivity index (χ4v) is 7.99. The van der Waals surface area contributed by atoms with Crippen LogP contribution >= 0.6 is 23.4 Å². The Morgan fingerprint density at radius 1 is 1.12 bits per heavy atom. The lowest BCUT2D eigenvalue weighted by molar-refractivity contribution is -0.121. The third kappa shape index (κ3) is 5.53. The number of amidine groups is 1. The number of piperazine rings is 1. The van der Waals surface area contributed by atoms with Crippen LogP contribution in [0.2, 0.25) is 5.02 Å². The molecule has 0 saturated carbocycles. The first-order valence-corrected chi connectivity index (χ1v) is 15.4. The highest BCUT2D eigenvalue weighted by Gasteiger charge is 2.45. The van der Waals surface area contributed by atoms with E-state index in [9.17, 15) is 14.0 Å². The normalized spacial score (nSPS) is 24.0. The maximum atomic E-state index is 15.2. The quantitative estimate of drug-likeness (QED) is 0.358. The van der Waals surface area contributed by atoms with Gasteiger partial charge in [-0.05, 0) is 64.8 Å². The monoisotopic (exact) mass is 619 g/mol. The molecular formula is C31H36ClF2N3O4S. The van der Waals surface area contributed by atoms with E-state index in [2.05, 4.69) is 9.89 Å². The van der Waals surface area contributed by atoms with Gasteiger partial charge in [0.15, 0.2) is 0 Å². The van der Waals surface area contributed by atoms with Crippen molar-refractivity contribution < 1.29 is 27.8 Å². The van der Waals surface area contributed by atoms with E-state index < -0.39 is 23.2 Å². The van der Waals surface area contributed by atoms with Gasteiger partial charge in [-0.3, -0.25) is 9.69 Å². The SMILES string of the molecule is COC[C@H]1CSc2c(-c3cc(Cl)c(F)cc3F)c(C)cc3c2C1C(=O)N=C3N1C[C@@H](C)N(C(=O)OC(C)(C)C)[C@@H](C)C1. The first-order chi connectivity index (χ1) is 19.7. The van der Waals surface area contributed by atoms with Crippen LogP contribution in [0.5, 0.6) is 0 Å². The summed E-state index contributed by atoms with van der Waals surface area (Å²) in [7, 11) is 1.60. The van der Waals surface area contributed by atoms with Gasteiger partial charge in [-0.2, -0.15) is 4.99 Å². The Morgan fingerprint density at radius 3 is 2.40 bits per heavy atom. The van der Waals surface area contributed by atoms with Crippen molar-refractivity contribution in [1.29, 1.82) is 0 Å². The number of halogens is 3. The second-order valence-corrected chi connectivity index (χ2v) is 13.8. The molecule has 0 aromatic heterocycles. The molecular weight excluding hydrogens is 584 g/mol. The van der Waals surface area contributed by atoms with Crippen molar-refractivity contribution in [2.24, 2.45) is 10.9 Å². The molecule has 2 aromatic rings. The molecule has 42 heavy (non-hydrogen) atoms. The first kappa shape index (κ1) is 30.8. The van der Waals surface area contributed by atoms with Crippen LogP contribution in [-0.2, 0) is 14.3 Å². The van der Waals surface area contributed by atoms with Crippen LogP contribution in [0.4, 0.5) is 13.6 Å². The molecule has 0 aliphatic carbocycles. The number of carbonyl (C=O) groups is 2. The second-order valence-electron chi connectivity index (χ2n) is 12.4. The molecule has 1 unspecified atom stereocenters. The minimum Gasteiger partial charge on any atom is -0.444 e. The van der Waals surface area contributed by atoms with Crippen molar-refractivity contribution in [2.75, 3.05) is 32.6 Å². The van der Waals surface area contributed by atoms with Crippen LogP contribution in [-0.4, -0.2) is 77.9 Å². The molecule has 2 amide bonds. The lowest BCUT2D eigenvalue weighted by atomic mass is 9.78. The highest BCUT2D eigenvalue weighted by Crippen LogP contribution is 2.51. The van der Waals surface area contributed by atoms with E-state index in [0.29, 0.717) is 36.8 Å². The summed E-state index contributed by atoms with van der Waals surface area (Å²) in [6.07, 6.45) is -0.375. The van der Waals surface area contributed by atoms with Gasteiger partial charge in [-0.25, -0.2) is 13.6 Å². The molecule has 0 bridgehead atoms. The number of hydrogen-bond donors (Lipinski definition) is 0. The summed E-state index contributed by atoms with van der Waals surface area (Å²) in [6.45, 7) is 12.6. The summed E-state index contributed by atoms with van der Waals surface area (Å²) in [5.74, 6) is -1.38. The average Bonchev–Trinajstić information content (AvgIpc) is 2.87. The smallest absolute Gasteiger partial charge is 0.410 e. The highest BCUT2D eigenvalue weighted by atomic mass is 35.5. The Bertz CT molecular complexity index is 1470. The van der Waals surface area contributed by atoms with Crippen LogP contribution in [0.1, 0.15) is 57.2 Å². The van der Waals surface area contributed by atoms with E-state index in [4.69, 9.17) is 21.1 Å². The molecule has 3 heterocycles. The van der Waals surface area contributed by atoms with Crippen molar-refractivity contribution in [1.82, 2.24) is 9.80 Å². The van der Waals surface area contributed by atoms with Gasteiger partial charge >= 0.3 is 6.09 Å². The zero-order chi connectivity index (χ0) is 30.7. The third-order valence-electron chi connectivity index (χ3n) is 7.95. The fraction of sp³-hybridized carbons (Fsp3) is 0.516. The molecule has 11 heteroatoms. The topological polar surface area (TPSA) is 71.4 Å². The van der Waals surface area contributed by atoms with E-state index in [1.807, 2.05) is 47.6 Å². The number of amides is 2. The minimum atomic E-state index is -0.828. The average molecular weight is 620 g/mol. The molecule has 1 fully saturated rings. The predicted octanol–water partition coefficient (Wildman–Crippen LogP) is 6.66. The van der Waals surface area contributed by atoms with Gasteiger partial charge in [-0.15, -0.1) is 11.8 Å². The van der Waals surface area contributed by atoms with E-state index in [1.165, 1.54) is 6.07 Å². The number of thioether (sulfide) groups is 1. The third-order valence-corrected chi connectivity index (χ3v) is 9.54. The van der Waals surface area contributed by atoms with E-state index in [0.717, 1.165) is 27.7 Å². The molecule has 5 rings (SSSR count). The number of rotatable bonds is 3. The number of aliphatic imine (C=N–C) groups is 1. The minimum absolute atomic E-state index is 0.122. The molecule has 3 aliphatic heterocycles. The largest absolute Gasteiger partial charge is 0.444 e. The van der Waals surface area contributed by atoms with Gasteiger partial charge in [0.1, 0.15) is 23.1 Å². The summed E-state index contributed by atoms with van der Waals surface area (Å²) in [5.41, 5.74) is 2.53. The number of hydrogen-bond acceptors (Lipinski definition) is 6. The van der Waals surface area contributed by atoms with Gasteiger partial charge in [0.25, 0.3) is 5.91 Å². The Kier molecular flexibility index (Phi) is 8.37. The molecule has 3 aliphatic rings. The summed E-state index contributed by atoms with van der Waals surface area (Å²) < 4.78 is 40.4. The Morgan fingerprint density at radius 2 is 1.79 bits per heavy atom. The summed E-state index contributed by atoms with van der Waals surface area (Å²) in [5, 5.41) is -0.172. The molecule has 0 spiro atoms. The summed E-state index contributed by atoms with van der Waals surface area (Å²) in [6, 6.07) is 3.64. The van der Waals surface area contributed by atoms with Gasteiger partial charge < -0.3 is 14.4 Å². The van der Waals surface area contributed by atoms with E-state index >= 15 is 4.39 Å². The molecule has 1 saturated heterocycles. The van der Waals surface area contributed by atoms with Crippen molar-refractivity contribution in [3.05, 3.63) is 51.5 Å².